The smallest absolute Gasteiger partial charge is 0.251 e. The average molecular weight is 253 g/mol. The van der Waals surface area contributed by atoms with Gasteiger partial charge in [0.2, 0.25) is 5.91 Å². The third kappa shape index (κ3) is 2.48. The molecule has 0 aliphatic heterocycles. The summed E-state index contributed by atoms with van der Waals surface area (Å²) in [6, 6.07) is 1.53. The van der Waals surface area contributed by atoms with Gasteiger partial charge in [-0.1, -0.05) is 6.42 Å². The minimum Gasteiger partial charge on any atom is -0.366 e. The molecule has 6 heteroatoms. The molecule has 2 atom stereocenters. The molecule has 1 aromatic heterocycles. The molecule has 1 aliphatic rings. The van der Waals surface area contributed by atoms with E-state index in [4.69, 9.17) is 11.5 Å². The summed E-state index contributed by atoms with van der Waals surface area (Å²) in [4.78, 5) is 23.1. The van der Waals surface area contributed by atoms with Crippen molar-refractivity contribution in [3.05, 3.63) is 17.0 Å². The summed E-state index contributed by atoms with van der Waals surface area (Å²) >= 11 is 1.29. The van der Waals surface area contributed by atoms with E-state index < -0.39 is 5.91 Å². The van der Waals surface area contributed by atoms with Crippen molar-refractivity contribution < 1.29 is 9.59 Å². The van der Waals surface area contributed by atoms with Crippen LogP contribution in [0.5, 0.6) is 0 Å². The molecule has 1 saturated carbocycles. The maximum Gasteiger partial charge on any atom is 0.251 e. The maximum absolute atomic E-state index is 12.0. The largest absolute Gasteiger partial charge is 0.366 e. The van der Waals surface area contributed by atoms with Crippen LogP contribution in [0.3, 0.4) is 0 Å². The van der Waals surface area contributed by atoms with Crippen LogP contribution in [-0.2, 0) is 4.79 Å². The summed E-state index contributed by atoms with van der Waals surface area (Å²) < 4.78 is 0. The number of nitrogens with one attached hydrogen (secondary N) is 1. The molecule has 1 heterocycles. The van der Waals surface area contributed by atoms with Crippen LogP contribution < -0.4 is 16.8 Å². The Morgan fingerprint density at radius 2 is 2.18 bits per heavy atom. The first-order valence-corrected chi connectivity index (χ1v) is 6.41. The van der Waals surface area contributed by atoms with Gasteiger partial charge in [0.15, 0.2) is 0 Å². The Morgan fingerprint density at radius 1 is 1.41 bits per heavy atom. The van der Waals surface area contributed by atoms with E-state index >= 15 is 0 Å². The van der Waals surface area contributed by atoms with Crippen LogP contribution in [-0.4, -0.2) is 17.9 Å². The fourth-order valence-electron chi connectivity index (χ4n) is 2.12. The summed E-state index contributed by atoms with van der Waals surface area (Å²) in [5.74, 6) is -0.796. The predicted molar refractivity (Wildman–Crippen MR) is 66.8 cm³/mol. The Morgan fingerprint density at radius 3 is 2.76 bits per heavy atom. The summed E-state index contributed by atoms with van der Waals surface area (Å²) in [5, 5.41) is 4.98. The van der Waals surface area contributed by atoms with Gasteiger partial charge < -0.3 is 16.8 Å². The van der Waals surface area contributed by atoms with Gasteiger partial charge in [-0.3, -0.25) is 9.59 Å². The third-order valence-electron chi connectivity index (χ3n) is 3.07. The molecule has 92 valence electrons. The molecule has 2 rings (SSSR count). The Kier molecular flexibility index (Phi) is 3.44. The van der Waals surface area contributed by atoms with Crippen LogP contribution in [0.1, 0.15) is 29.6 Å². The number of hydrogen-bond donors (Lipinski definition) is 3. The van der Waals surface area contributed by atoms with Crippen LogP contribution in [0.4, 0.5) is 5.00 Å². The van der Waals surface area contributed by atoms with Gasteiger partial charge in [0.25, 0.3) is 5.91 Å². The highest BCUT2D eigenvalue weighted by atomic mass is 32.1. The van der Waals surface area contributed by atoms with Crippen LogP contribution >= 0.6 is 11.3 Å². The van der Waals surface area contributed by atoms with Crippen molar-refractivity contribution in [1.82, 2.24) is 0 Å². The van der Waals surface area contributed by atoms with Gasteiger partial charge in [-0.25, -0.2) is 0 Å². The van der Waals surface area contributed by atoms with Crippen LogP contribution in [0.2, 0.25) is 0 Å². The Hall–Kier alpha value is -1.40. The first-order valence-electron chi connectivity index (χ1n) is 5.53. The van der Waals surface area contributed by atoms with Crippen LogP contribution in [0, 0.1) is 5.92 Å². The summed E-state index contributed by atoms with van der Waals surface area (Å²) in [5.41, 5.74) is 11.4. The summed E-state index contributed by atoms with van der Waals surface area (Å²) in [6.07, 6.45) is 2.67. The summed E-state index contributed by atoms with van der Waals surface area (Å²) in [6.45, 7) is 0. The minimum absolute atomic E-state index is 0.0769. The fourth-order valence-corrected chi connectivity index (χ4v) is 2.91. The van der Waals surface area contributed by atoms with Gasteiger partial charge in [-0.05, 0) is 24.3 Å². The Labute approximate surface area is 103 Å². The molecule has 5 nitrogen and oxygen atoms in total. The van der Waals surface area contributed by atoms with Gasteiger partial charge >= 0.3 is 0 Å². The van der Waals surface area contributed by atoms with E-state index in [9.17, 15) is 9.59 Å². The van der Waals surface area contributed by atoms with Gasteiger partial charge in [0, 0.05) is 6.04 Å². The van der Waals surface area contributed by atoms with Crippen molar-refractivity contribution >= 4 is 28.2 Å². The van der Waals surface area contributed by atoms with E-state index in [-0.39, 0.29) is 17.9 Å². The Balaban J connectivity index is 2.07. The van der Waals surface area contributed by atoms with Crippen molar-refractivity contribution in [2.24, 2.45) is 17.4 Å². The van der Waals surface area contributed by atoms with E-state index in [1.807, 2.05) is 0 Å². The number of amides is 2. The number of anilines is 1. The molecular formula is C11H15N3O2S. The second-order valence-corrected chi connectivity index (χ2v) is 5.13. The molecule has 0 bridgehead atoms. The zero-order chi connectivity index (χ0) is 12.4. The van der Waals surface area contributed by atoms with Crippen molar-refractivity contribution in [2.75, 3.05) is 5.32 Å². The second-order valence-electron chi connectivity index (χ2n) is 4.22. The number of primary amides is 1. The second kappa shape index (κ2) is 4.85. The molecular weight excluding hydrogens is 238 g/mol. The third-order valence-corrected chi connectivity index (χ3v) is 3.90. The van der Waals surface area contributed by atoms with Gasteiger partial charge in [0.1, 0.15) is 5.00 Å². The molecule has 1 aromatic rings. The van der Waals surface area contributed by atoms with E-state index in [0.717, 1.165) is 19.3 Å². The molecule has 0 saturated heterocycles. The molecule has 0 radical (unpaired) electrons. The quantitative estimate of drug-likeness (QED) is 0.746. The average Bonchev–Trinajstić information content (AvgIpc) is 2.86. The first-order chi connectivity index (χ1) is 8.09. The van der Waals surface area contributed by atoms with Gasteiger partial charge in [0.05, 0.1) is 11.5 Å². The van der Waals surface area contributed by atoms with E-state index in [1.165, 1.54) is 11.3 Å². The summed E-state index contributed by atoms with van der Waals surface area (Å²) in [7, 11) is 0. The number of carbonyl (C=O) groups is 2. The molecule has 1 aliphatic carbocycles. The molecule has 1 fully saturated rings. The number of rotatable bonds is 3. The van der Waals surface area contributed by atoms with E-state index in [1.54, 1.807) is 11.4 Å². The van der Waals surface area contributed by atoms with E-state index in [0.29, 0.717) is 10.6 Å². The predicted octanol–water partition coefficient (Wildman–Crippen LogP) is 0.913. The fraction of sp³-hybridized carbons (Fsp3) is 0.455. The standard InChI is InChI=1S/C11H15N3O2S/c12-8-3-1-2-6(8)10(16)14-11-7(9(13)15)4-5-17-11/h4-6,8H,1-3,12H2,(H2,13,15)(H,14,16). The molecule has 5 N–H and O–H groups in total. The van der Waals surface area contributed by atoms with Crippen molar-refractivity contribution in [2.45, 2.75) is 25.3 Å². The lowest BCUT2D eigenvalue weighted by atomic mass is 10.0. The highest BCUT2D eigenvalue weighted by Gasteiger charge is 2.30. The van der Waals surface area contributed by atoms with Crippen LogP contribution in [0.25, 0.3) is 0 Å². The number of hydrogen-bond acceptors (Lipinski definition) is 4. The topological polar surface area (TPSA) is 98.2 Å². The molecule has 2 amide bonds. The van der Waals surface area contributed by atoms with E-state index in [2.05, 4.69) is 5.32 Å². The molecule has 2 unspecified atom stereocenters. The normalized spacial score (nSPS) is 23.6. The SMILES string of the molecule is NC(=O)c1ccsc1NC(=O)C1CCCC1N. The van der Waals surface area contributed by atoms with Crippen molar-refractivity contribution in [3.63, 3.8) is 0 Å². The minimum atomic E-state index is -0.530. The molecule has 17 heavy (non-hydrogen) atoms. The first kappa shape index (κ1) is 12.1. The number of carbonyl (C=O) groups excluding carboxylic acids is 2. The zero-order valence-electron chi connectivity index (χ0n) is 9.31. The lowest BCUT2D eigenvalue weighted by Crippen LogP contribution is -2.34. The lowest BCUT2D eigenvalue weighted by Gasteiger charge is -2.14. The van der Waals surface area contributed by atoms with Crippen molar-refractivity contribution in [1.29, 1.82) is 0 Å². The number of thiophene rings is 1. The van der Waals surface area contributed by atoms with Crippen molar-refractivity contribution in [3.8, 4) is 0 Å². The van der Waals surface area contributed by atoms with Gasteiger partial charge in [-0.15, -0.1) is 11.3 Å². The number of nitrogens with two attached hydrogens (primary N) is 2. The highest BCUT2D eigenvalue weighted by Crippen LogP contribution is 2.28. The van der Waals surface area contributed by atoms with Gasteiger partial charge in [-0.2, -0.15) is 0 Å². The van der Waals surface area contributed by atoms with Crippen LogP contribution in [0.15, 0.2) is 11.4 Å². The molecule has 0 aromatic carbocycles. The maximum atomic E-state index is 12.0. The zero-order valence-corrected chi connectivity index (χ0v) is 10.1. The Bertz CT molecular complexity index is 444. The monoisotopic (exact) mass is 253 g/mol. The highest BCUT2D eigenvalue weighted by molar-refractivity contribution is 7.14. The molecule has 0 spiro atoms. The lowest BCUT2D eigenvalue weighted by molar-refractivity contribution is -0.120.